The van der Waals surface area contributed by atoms with Crippen molar-refractivity contribution in [3.8, 4) is 0 Å². The van der Waals surface area contributed by atoms with E-state index in [1.807, 2.05) is 13.8 Å². The first-order chi connectivity index (χ1) is 12.6. The SMILES string of the molecule is CC=CC=C1N=C(c2ccc(C3=NC(=CC=CC)C(=O)O3)cc2)OC1=O. The van der Waals surface area contributed by atoms with E-state index in [1.54, 1.807) is 60.7 Å². The number of nitrogens with zero attached hydrogens (tertiary/aromatic N) is 2. The van der Waals surface area contributed by atoms with E-state index < -0.39 is 11.9 Å². The number of carbonyl (C=O) groups excluding carboxylic acids is 2. The van der Waals surface area contributed by atoms with Crippen molar-refractivity contribution >= 4 is 23.7 Å². The van der Waals surface area contributed by atoms with Gasteiger partial charge in [-0.25, -0.2) is 19.6 Å². The van der Waals surface area contributed by atoms with E-state index in [0.29, 0.717) is 11.1 Å². The number of cyclic esters (lactones) is 2. The van der Waals surface area contributed by atoms with Crippen LogP contribution in [0.25, 0.3) is 0 Å². The topological polar surface area (TPSA) is 77.3 Å². The van der Waals surface area contributed by atoms with Gasteiger partial charge in [0, 0.05) is 11.1 Å². The van der Waals surface area contributed by atoms with Crippen molar-refractivity contribution in [3.63, 3.8) is 0 Å². The van der Waals surface area contributed by atoms with Gasteiger partial charge in [-0.15, -0.1) is 0 Å². The number of benzene rings is 1. The van der Waals surface area contributed by atoms with E-state index in [9.17, 15) is 9.59 Å². The molecule has 0 aromatic heterocycles. The Morgan fingerprint density at radius 1 is 0.731 bits per heavy atom. The molecule has 0 radical (unpaired) electrons. The Balaban J connectivity index is 1.82. The molecule has 0 amide bonds. The van der Waals surface area contributed by atoms with Crippen LogP contribution >= 0.6 is 0 Å². The first kappa shape index (κ1) is 17.3. The fraction of sp³-hybridized carbons (Fsp3) is 0.100. The molecule has 0 saturated heterocycles. The zero-order valence-electron chi connectivity index (χ0n) is 14.3. The maximum Gasteiger partial charge on any atom is 0.363 e. The Morgan fingerprint density at radius 3 is 1.46 bits per heavy atom. The molecule has 0 unspecified atom stereocenters. The van der Waals surface area contributed by atoms with Crippen LogP contribution in [-0.2, 0) is 19.1 Å². The number of hydrogen-bond acceptors (Lipinski definition) is 6. The van der Waals surface area contributed by atoms with Gasteiger partial charge in [-0.1, -0.05) is 24.3 Å². The molecule has 2 heterocycles. The average molecular weight is 348 g/mol. The van der Waals surface area contributed by atoms with Crippen LogP contribution in [0.5, 0.6) is 0 Å². The Labute approximate surface area is 150 Å². The van der Waals surface area contributed by atoms with E-state index in [2.05, 4.69) is 9.98 Å². The lowest BCUT2D eigenvalue weighted by Gasteiger charge is -2.02. The summed E-state index contributed by atoms with van der Waals surface area (Å²) in [5.41, 5.74) is 1.77. The van der Waals surface area contributed by atoms with Gasteiger partial charge in [0.15, 0.2) is 11.4 Å². The number of aliphatic imine (C=N–C) groups is 2. The van der Waals surface area contributed by atoms with Crippen LogP contribution in [0.4, 0.5) is 0 Å². The normalized spacial score (nSPS) is 20.2. The van der Waals surface area contributed by atoms with Crippen molar-refractivity contribution in [2.24, 2.45) is 9.98 Å². The molecule has 130 valence electrons. The molecule has 0 atom stereocenters. The summed E-state index contributed by atoms with van der Waals surface area (Å²) in [7, 11) is 0. The van der Waals surface area contributed by atoms with Crippen molar-refractivity contribution in [3.05, 3.63) is 83.2 Å². The highest BCUT2D eigenvalue weighted by Gasteiger charge is 2.25. The van der Waals surface area contributed by atoms with Crippen LogP contribution in [-0.4, -0.2) is 23.7 Å². The van der Waals surface area contributed by atoms with Gasteiger partial charge in [0.05, 0.1) is 0 Å². The minimum absolute atomic E-state index is 0.233. The molecule has 2 aliphatic heterocycles. The highest BCUT2D eigenvalue weighted by molar-refractivity contribution is 6.13. The summed E-state index contributed by atoms with van der Waals surface area (Å²) in [6.07, 6.45) is 10.2. The summed E-state index contributed by atoms with van der Waals surface area (Å²) >= 11 is 0. The van der Waals surface area contributed by atoms with E-state index in [0.717, 1.165) is 0 Å². The number of allylic oxidation sites excluding steroid dienone is 6. The lowest BCUT2D eigenvalue weighted by atomic mass is 10.1. The molecule has 6 nitrogen and oxygen atoms in total. The fourth-order valence-electron chi connectivity index (χ4n) is 2.22. The van der Waals surface area contributed by atoms with Crippen LogP contribution in [0, 0.1) is 0 Å². The van der Waals surface area contributed by atoms with E-state index in [-0.39, 0.29) is 23.2 Å². The molecule has 0 N–H and O–H groups in total. The Bertz CT molecular complexity index is 852. The minimum atomic E-state index is -0.491. The second kappa shape index (κ2) is 7.57. The third kappa shape index (κ3) is 3.59. The molecular weight excluding hydrogens is 332 g/mol. The maximum atomic E-state index is 11.8. The van der Waals surface area contributed by atoms with Gasteiger partial charge >= 0.3 is 11.9 Å². The lowest BCUT2D eigenvalue weighted by Crippen LogP contribution is -2.07. The van der Waals surface area contributed by atoms with Crippen LogP contribution in [0.1, 0.15) is 25.0 Å². The molecule has 0 fully saturated rings. The number of hydrogen-bond donors (Lipinski definition) is 0. The summed E-state index contributed by atoms with van der Waals surface area (Å²) in [6, 6.07) is 6.90. The summed E-state index contributed by atoms with van der Waals surface area (Å²) < 4.78 is 10.4. The van der Waals surface area contributed by atoms with Crippen molar-refractivity contribution < 1.29 is 19.1 Å². The van der Waals surface area contributed by atoms with Crippen molar-refractivity contribution in [2.75, 3.05) is 0 Å². The van der Waals surface area contributed by atoms with Gasteiger partial charge in [-0.3, -0.25) is 0 Å². The van der Waals surface area contributed by atoms with Gasteiger partial charge in [-0.2, -0.15) is 0 Å². The summed E-state index contributed by atoms with van der Waals surface area (Å²) in [5, 5.41) is 0. The molecule has 6 heteroatoms. The zero-order chi connectivity index (χ0) is 18.5. The summed E-state index contributed by atoms with van der Waals surface area (Å²) in [6.45, 7) is 3.69. The smallest absolute Gasteiger partial charge is 0.363 e. The number of rotatable bonds is 4. The van der Waals surface area contributed by atoms with Crippen LogP contribution < -0.4 is 0 Å². The van der Waals surface area contributed by atoms with Crippen molar-refractivity contribution in [1.29, 1.82) is 0 Å². The van der Waals surface area contributed by atoms with Crippen molar-refractivity contribution in [2.45, 2.75) is 13.8 Å². The Kier molecular flexibility index (Phi) is 5.03. The van der Waals surface area contributed by atoms with Crippen LogP contribution in [0.15, 0.2) is 82.1 Å². The highest BCUT2D eigenvalue weighted by Crippen LogP contribution is 2.20. The summed E-state index contributed by atoms with van der Waals surface area (Å²) in [4.78, 5) is 31.9. The second-order valence-corrected chi connectivity index (χ2v) is 5.35. The fourth-order valence-corrected chi connectivity index (χ4v) is 2.22. The van der Waals surface area contributed by atoms with Gasteiger partial charge in [0.25, 0.3) is 0 Å². The van der Waals surface area contributed by atoms with Crippen molar-refractivity contribution in [1.82, 2.24) is 0 Å². The lowest BCUT2D eigenvalue weighted by molar-refractivity contribution is -0.130. The first-order valence-electron chi connectivity index (χ1n) is 8.01. The molecule has 0 aliphatic carbocycles. The van der Waals surface area contributed by atoms with Gasteiger partial charge < -0.3 is 9.47 Å². The van der Waals surface area contributed by atoms with Gasteiger partial charge in [0.1, 0.15) is 0 Å². The molecule has 1 aromatic rings. The number of ether oxygens (including phenoxy) is 2. The number of esters is 2. The first-order valence-corrected chi connectivity index (χ1v) is 8.01. The third-order valence-electron chi connectivity index (χ3n) is 3.51. The molecule has 0 spiro atoms. The third-order valence-corrected chi connectivity index (χ3v) is 3.51. The highest BCUT2D eigenvalue weighted by atomic mass is 16.6. The predicted octanol–water partition coefficient (Wildman–Crippen LogP) is 3.21. The van der Waals surface area contributed by atoms with Crippen LogP contribution in [0.2, 0.25) is 0 Å². The van der Waals surface area contributed by atoms with Gasteiger partial charge in [-0.05, 0) is 50.3 Å². The van der Waals surface area contributed by atoms with E-state index >= 15 is 0 Å². The Morgan fingerprint density at radius 2 is 1.12 bits per heavy atom. The Hall–Kier alpha value is -3.54. The molecule has 2 aliphatic rings. The molecule has 0 saturated carbocycles. The second-order valence-electron chi connectivity index (χ2n) is 5.35. The quantitative estimate of drug-likeness (QED) is 0.618. The average Bonchev–Trinajstić information content (AvgIpc) is 3.21. The standard InChI is InChI=1S/C20H16N2O4/c1-3-5-7-15-19(23)25-17(21-15)13-9-11-14(12-10-13)18-22-16(8-6-4-2)20(24)26-18/h3-12H,1-2H3. The molecule has 26 heavy (non-hydrogen) atoms. The zero-order valence-corrected chi connectivity index (χ0v) is 14.3. The monoisotopic (exact) mass is 348 g/mol. The van der Waals surface area contributed by atoms with Gasteiger partial charge in [0.2, 0.25) is 11.8 Å². The maximum absolute atomic E-state index is 11.8. The minimum Gasteiger partial charge on any atom is -0.402 e. The van der Waals surface area contributed by atoms with Crippen LogP contribution in [0.3, 0.4) is 0 Å². The molecular formula is C20H16N2O4. The predicted molar refractivity (Wildman–Crippen MR) is 97.5 cm³/mol. The van der Waals surface area contributed by atoms with E-state index in [4.69, 9.17) is 9.47 Å². The number of carbonyl (C=O) groups is 2. The molecule has 1 aromatic carbocycles. The summed E-state index contributed by atoms with van der Waals surface area (Å²) in [5.74, 6) is -0.516. The van der Waals surface area contributed by atoms with E-state index in [1.165, 1.54) is 0 Å². The largest absolute Gasteiger partial charge is 0.402 e. The molecule has 0 bridgehead atoms. The molecule has 3 rings (SSSR count).